The molecule has 1 aromatic carbocycles. The van der Waals surface area contributed by atoms with Crippen molar-refractivity contribution in [3.05, 3.63) is 57.4 Å². The summed E-state index contributed by atoms with van der Waals surface area (Å²) in [6, 6.07) is 13.7. The molecule has 1 amide bonds. The van der Waals surface area contributed by atoms with Gasteiger partial charge in [0.25, 0.3) is 0 Å². The van der Waals surface area contributed by atoms with E-state index in [0.29, 0.717) is 6.54 Å². The van der Waals surface area contributed by atoms with Crippen molar-refractivity contribution in [2.75, 3.05) is 13.6 Å². The molecule has 2 heterocycles. The first-order chi connectivity index (χ1) is 11.5. The minimum Gasteiger partial charge on any atom is -0.459 e. The number of para-hydroxylation sites is 1. The summed E-state index contributed by atoms with van der Waals surface area (Å²) in [5, 5.41) is 4.29. The fraction of sp³-hybridized carbons (Fsp3) is 0.278. The lowest BCUT2D eigenvalue weighted by atomic mass is 10.2. The van der Waals surface area contributed by atoms with Crippen molar-refractivity contribution in [2.24, 2.45) is 0 Å². The van der Waals surface area contributed by atoms with Gasteiger partial charge in [-0.2, -0.15) is 0 Å². The van der Waals surface area contributed by atoms with Crippen LogP contribution in [0, 0.1) is 0 Å². The molecule has 2 aromatic heterocycles. The molecule has 1 unspecified atom stereocenters. The molecular weight excluding hydrogens is 344 g/mol. The molecule has 1 N–H and O–H groups in total. The quantitative estimate of drug-likeness (QED) is 0.704. The van der Waals surface area contributed by atoms with Gasteiger partial charge in [-0.1, -0.05) is 29.8 Å². The summed E-state index contributed by atoms with van der Waals surface area (Å²) in [5.41, 5.74) is 0.860. The second-order valence-corrected chi connectivity index (χ2v) is 7.54. The zero-order valence-corrected chi connectivity index (χ0v) is 15.2. The molecule has 0 radical (unpaired) electrons. The number of halogens is 1. The summed E-state index contributed by atoms with van der Waals surface area (Å²) in [6.07, 6.45) is 0. The third kappa shape index (κ3) is 3.98. The van der Waals surface area contributed by atoms with Crippen LogP contribution in [-0.2, 0) is 11.3 Å². The maximum atomic E-state index is 12.3. The van der Waals surface area contributed by atoms with Crippen LogP contribution in [0.5, 0.6) is 0 Å². The van der Waals surface area contributed by atoms with Gasteiger partial charge < -0.3 is 9.32 Å². The van der Waals surface area contributed by atoms with Crippen LogP contribution in [0.15, 0.2) is 46.9 Å². The summed E-state index contributed by atoms with van der Waals surface area (Å²) in [7, 11) is 1.80. The second kappa shape index (κ2) is 7.38. The molecule has 24 heavy (non-hydrogen) atoms. The Bertz CT molecular complexity index is 809. The largest absolute Gasteiger partial charge is 0.459 e. The van der Waals surface area contributed by atoms with Gasteiger partial charge in [-0.15, -0.1) is 11.3 Å². The molecule has 4 nitrogen and oxygen atoms in total. The van der Waals surface area contributed by atoms with Crippen LogP contribution >= 0.6 is 22.9 Å². The number of benzene rings is 1. The third-order valence-corrected chi connectivity index (χ3v) is 5.09. The highest BCUT2D eigenvalue weighted by molar-refractivity contribution is 7.16. The van der Waals surface area contributed by atoms with Crippen LogP contribution in [0.4, 0.5) is 0 Å². The van der Waals surface area contributed by atoms with Crippen LogP contribution < -0.4 is 5.32 Å². The number of hydrogen-bond donors (Lipinski definition) is 1. The number of furan rings is 1. The van der Waals surface area contributed by atoms with Crippen molar-refractivity contribution < 1.29 is 9.21 Å². The average molecular weight is 363 g/mol. The van der Waals surface area contributed by atoms with Crippen LogP contribution in [0.2, 0.25) is 4.34 Å². The molecule has 0 bridgehead atoms. The van der Waals surface area contributed by atoms with Gasteiger partial charge >= 0.3 is 0 Å². The third-order valence-electron chi connectivity index (χ3n) is 3.88. The molecule has 0 spiro atoms. The number of nitrogens with zero attached hydrogens (tertiary/aromatic N) is 1. The molecule has 126 valence electrons. The van der Waals surface area contributed by atoms with Crippen molar-refractivity contribution in [2.45, 2.75) is 19.5 Å². The Morgan fingerprint density at radius 2 is 2.12 bits per heavy atom. The van der Waals surface area contributed by atoms with E-state index in [1.807, 2.05) is 49.4 Å². The van der Waals surface area contributed by atoms with Crippen LogP contribution in [0.1, 0.15) is 23.6 Å². The van der Waals surface area contributed by atoms with Crippen LogP contribution in [0.25, 0.3) is 11.0 Å². The summed E-state index contributed by atoms with van der Waals surface area (Å²) in [6.45, 7) is 2.81. The Hall–Kier alpha value is -1.82. The number of nitrogens with one attached hydrogen (secondary N) is 1. The Morgan fingerprint density at radius 1 is 1.33 bits per heavy atom. The minimum absolute atomic E-state index is 0.0301. The fourth-order valence-electron chi connectivity index (χ4n) is 2.45. The number of rotatable bonds is 6. The molecule has 0 fully saturated rings. The van der Waals surface area contributed by atoms with E-state index in [1.54, 1.807) is 11.9 Å². The van der Waals surface area contributed by atoms with Gasteiger partial charge in [-0.3, -0.25) is 10.1 Å². The van der Waals surface area contributed by atoms with E-state index in [-0.39, 0.29) is 18.5 Å². The predicted molar refractivity (Wildman–Crippen MR) is 98.4 cm³/mol. The topological polar surface area (TPSA) is 45.5 Å². The van der Waals surface area contributed by atoms with Crippen molar-refractivity contribution >= 4 is 39.8 Å². The fourth-order valence-corrected chi connectivity index (χ4v) is 3.59. The van der Waals surface area contributed by atoms with Crippen molar-refractivity contribution in [1.82, 2.24) is 10.2 Å². The molecule has 3 rings (SSSR count). The number of thiophene rings is 1. The molecular formula is C18H19ClN2O2S. The maximum Gasteiger partial charge on any atom is 0.236 e. The predicted octanol–water partition coefficient (Wildman–Crippen LogP) is 4.46. The molecule has 6 heteroatoms. The standard InChI is InChI=1S/C18H19ClN2O2S/c1-12(16-9-13-5-3-4-6-15(13)23-16)20-10-18(22)21(2)11-14-7-8-17(19)24-14/h3-9,12,20H,10-11H2,1-2H3. The smallest absolute Gasteiger partial charge is 0.236 e. The number of likely N-dealkylation sites (N-methyl/N-ethyl adjacent to an activating group) is 1. The first-order valence-electron chi connectivity index (χ1n) is 7.73. The van der Waals surface area contributed by atoms with Crippen molar-refractivity contribution in [1.29, 1.82) is 0 Å². The highest BCUT2D eigenvalue weighted by atomic mass is 35.5. The van der Waals surface area contributed by atoms with E-state index in [9.17, 15) is 4.79 Å². The lowest BCUT2D eigenvalue weighted by Gasteiger charge is -2.18. The van der Waals surface area contributed by atoms with Crippen molar-refractivity contribution in [3.8, 4) is 0 Å². The molecule has 0 saturated heterocycles. The number of hydrogen-bond acceptors (Lipinski definition) is 4. The van der Waals surface area contributed by atoms with Gasteiger partial charge in [0.2, 0.25) is 5.91 Å². The van der Waals surface area contributed by atoms with Crippen molar-refractivity contribution in [3.63, 3.8) is 0 Å². The Balaban J connectivity index is 1.54. The highest BCUT2D eigenvalue weighted by Gasteiger charge is 2.15. The van der Waals surface area contributed by atoms with E-state index < -0.39 is 0 Å². The lowest BCUT2D eigenvalue weighted by Crippen LogP contribution is -2.35. The number of carbonyl (C=O) groups excluding carboxylic acids is 1. The van der Waals surface area contributed by atoms with E-state index >= 15 is 0 Å². The normalized spacial score (nSPS) is 12.5. The molecule has 1 atom stereocenters. The Morgan fingerprint density at radius 3 is 2.83 bits per heavy atom. The molecule has 0 saturated carbocycles. The van der Waals surface area contributed by atoms with Gasteiger partial charge in [-0.05, 0) is 31.2 Å². The van der Waals surface area contributed by atoms with Gasteiger partial charge in [0, 0.05) is 17.3 Å². The molecule has 0 aliphatic heterocycles. The van der Waals surface area contributed by atoms with Crippen LogP contribution in [-0.4, -0.2) is 24.4 Å². The summed E-state index contributed by atoms with van der Waals surface area (Å²) >= 11 is 7.41. The average Bonchev–Trinajstić information content (AvgIpc) is 3.18. The van der Waals surface area contributed by atoms with Gasteiger partial charge in [0.1, 0.15) is 11.3 Å². The van der Waals surface area contributed by atoms with E-state index in [2.05, 4.69) is 5.32 Å². The zero-order valence-electron chi connectivity index (χ0n) is 13.6. The zero-order chi connectivity index (χ0) is 17.1. The minimum atomic E-state index is -0.0362. The first kappa shape index (κ1) is 17.0. The van der Waals surface area contributed by atoms with E-state index in [1.165, 1.54) is 11.3 Å². The van der Waals surface area contributed by atoms with Crippen LogP contribution in [0.3, 0.4) is 0 Å². The summed E-state index contributed by atoms with van der Waals surface area (Å²) in [4.78, 5) is 15.0. The van der Waals surface area contributed by atoms with E-state index in [0.717, 1.165) is 25.9 Å². The highest BCUT2D eigenvalue weighted by Crippen LogP contribution is 2.24. The Labute approximate surface area is 150 Å². The Kier molecular flexibility index (Phi) is 5.23. The van der Waals surface area contributed by atoms with Gasteiger partial charge in [0.05, 0.1) is 23.5 Å². The molecule has 0 aliphatic rings. The molecule has 3 aromatic rings. The maximum absolute atomic E-state index is 12.3. The lowest BCUT2D eigenvalue weighted by molar-refractivity contribution is -0.129. The number of fused-ring (bicyclic) bond motifs is 1. The number of carbonyl (C=O) groups is 1. The van der Waals surface area contributed by atoms with E-state index in [4.69, 9.17) is 16.0 Å². The second-order valence-electron chi connectivity index (χ2n) is 5.74. The SMILES string of the molecule is CC(NCC(=O)N(C)Cc1ccc(Cl)s1)c1cc2ccccc2o1. The first-order valence-corrected chi connectivity index (χ1v) is 8.92. The summed E-state index contributed by atoms with van der Waals surface area (Å²) < 4.78 is 6.56. The monoisotopic (exact) mass is 362 g/mol. The van der Waals surface area contributed by atoms with Gasteiger partial charge in [0.15, 0.2) is 0 Å². The summed E-state index contributed by atoms with van der Waals surface area (Å²) in [5.74, 6) is 0.860. The molecule has 0 aliphatic carbocycles. The van der Waals surface area contributed by atoms with Gasteiger partial charge in [-0.25, -0.2) is 0 Å². The number of amides is 1.